The lowest BCUT2D eigenvalue weighted by atomic mass is 9.79. The van der Waals surface area contributed by atoms with Crippen molar-refractivity contribution in [2.24, 2.45) is 0 Å². The van der Waals surface area contributed by atoms with Crippen LogP contribution >= 0.6 is 0 Å². The molecule has 2 fully saturated rings. The highest BCUT2D eigenvalue weighted by atomic mass is 16.3. The Labute approximate surface area is 235 Å². The minimum Gasteiger partial charge on any atom is -0.508 e. The number of nitrogens with zero attached hydrogens (tertiary/aromatic N) is 4. The largest absolute Gasteiger partial charge is 0.508 e. The van der Waals surface area contributed by atoms with E-state index in [0.717, 1.165) is 57.5 Å². The Morgan fingerprint density at radius 1 is 1.05 bits per heavy atom. The van der Waals surface area contributed by atoms with Crippen LogP contribution in [0.15, 0.2) is 54.7 Å². The van der Waals surface area contributed by atoms with Crippen LogP contribution in [-0.4, -0.2) is 77.1 Å². The quantitative estimate of drug-likeness (QED) is 0.401. The SMILES string of the molecule is CCCC(c1cnc2ccc(CN3CCC(c4cccc(O)c4)(N(C)C)CC3)cc2c1)N1CC(C)NC(C)C1. The van der Waals surface area contributed by atoms with Gasteiger partial charge in [-0.05, 0) is 94.2 Å². The summed E-state index contributed by atoms with van der Waals surface area (Å²) in [6, 6.07) is 18.5. The average Bonchev–Trinajstić information content (AvgIpc) is 2.91. The fraction of sp³-hybridized carbons (Fsp3) is 0.545. The van der Waals surface area contributed by atoms with Gasteiger partial charge in [-0.25, -0.2) is 0 Å². The standard InChI is InChI=1S/C33H47N5O/c1-6-8-32(38-21-24(2)35-25(3)22-38)28-18-27-17-26(11-12-31(27)34-20-28)23-37-15-13-33(14-16-37,36(4)5)29-9-7-10-30(39)19-29/h7,9-12,17-20,24-25,32,35,39H,6,8,13-16,21-23H2,1-5H3. The number of nitrogens with one attached hydrogen (secondary N) is 1. The Hall–Kier alpha value is -2.51. The van der Waals surface area contributed by atoms with Crippen molar-refractivity contribution in [3.8, 4) is 5.75 Å². The smallest absolute Gasteiger partial charge is 0.115 e. The molecule has 0 amide bonds. The second-order valence-corrected chi connectivity index (χ2v) is 12.3. The first-order valence-electron chi connectivity index (χ1n) is 14.9. The van der Waals surface area contributed by atoms with Crippen LogP contribution in [0.25, 0.3) is 10.9 Å². The van der Waals surface area contributed by atoms with Crippen LogP contribution in [0.1, 0.15) is 69.2 Å². The number of hydrogen-bond donors (Lipinski definition) is 2. The van der Waals surface area contributed by atoms with Crippen molar-refractivity contribution in [2.75, 3.05) is 40.3 Å². The van der Waals surface area contributed by atoms with Gasteiger partial charge in [0.2, 0.25) is 0 Å². The predicted molar refractivity (Wildman–Crippen MR) is 161 cm³/mol. The number of aromatic nitrogens is 1. The number of hydrogen-bond acceptors (Lipinski definition) is 6. The van der Waals surface area contributed by atoms with Gasteiger partial charge in [0.15, 0.2) is 0 Å². The zero-order valence-corrected chi connectivity index (χ0v) is 24.5. The summed E-state index contributed by atoms with van der Waals surface area (Å²) in [4.78, 5) is 12.5. The fourth-order valence-electron chi connectivity index (χ4n) is 7.06. The molecule has 6 nitrogen and oxygen atoms in total. The Morgan fingerprint density at radius 2 is 1.79 bits per heavy atom. The highest BCUT2D eigenvalue weighted by Gasteiger charge is 2.38. The second kappa shape index (κ2) is 11.9. The van der Waals surface area contributed by atoms with E-state index in [0.29, 0.717) is 23.9 Å². The van der Waals surface area contributed by atoms with Crippen molar-refractivity contribution in [2.45, 2.75) is 76.7 Å². The summed E-state index contributed by atoms with van der Waals surface area (Å²) in [7, 11) is 4.34. The van der Waals surface area contributed by atoms with Gasteiger partial charge in [0.25, 0.3) is 0 Å². The second-order valence-electron chi connectivity index (χ2n) is 12.3. The number of fused-ring (bicyclic) bond motifs is 1. The number of phenols is 1. The van der Waals surface area contributed by atoms with Crippen molar-refractivity contribution < 1.29 is 5.11 Å². The lowest BCUT2D eigenvalue weighted by Gasteiger charge is -2.46. The summed E-state index contributed by atoms with van der Waals surface area (Å²) in [6.07, 6.45) is 6.53. The summed E-state index contributed by atoms with van der Waals surface area (Å²) in [5.41, 5.74) is 4.96. The third-order valence-corrected chi connectivity index (χ3v) is 9.07. The molecule has 0 aliphatic carbocycles. The van der Waals surface area contributed by atoms with Crippen LogP contribution in [0, 0.1) is 0 Å². The van der Waals surface area contributed by atoms with Gasteiger partial charge >= 0.3 is 0 Å². The van der Waals surface area contributed by atoms with E-state index in [2.05, 4.69) is 91.4 Å². The maximum absolute atomic E-state index is 10.1. The van der Waals surface area contributed by atoms with Crippen LogP contribution in [-0.2, 0) is 12.1 Å². The molecule has 5 rings (SSSR count). The Kier molecular flexibility index (Phi) is 8.57. The van der Waals surface area contributed by atoms with Crippen LogP contribution in [0.3, 0.4) is 0 Å². The molecular weight excluding hydrogens is 482 g/mol. The van der Waals surface area contributed by atoms with Crippen molar-refractivity contribution >= 4 is 10.9 Å². The van der Waals surface area contributed by atoms with E-state index in [1.54, 1.807) is 6.07 Å². The molecule has 2 N–H and O–H groups in total. The zero-order chi connectivity index (χ0) is 27.6. The number of rotatable bonds is 8. The minimum absolute atomic E-state index is 0.0370. The van der Waals surface area contributed by atoms with Gasteiger partial charge in [0.1, 0.15) is 5.75 Å². The maximum atomic E-state index is 10.1. The van der Waals surface area contributed by atoms with E-state index >= 15 is 0 Å². The van der Waals surface area contributed by atoms with Crippen LogP contribution in [0.4, 0.5) is 0 Å². The molecule has 2 aromatic carbocycles. The number of benzene rings is 2. The van der Waals surface area contributed by atoms with E-state index < -0.39 is 0 Å². The van der Waals surface area contributed by atoms with Crippen LogP contribution < -0.4 is 5.32 Å². The van der Waals surface area contributed by atoms with Gasteiger partial charge in [-0.15, -0.1) is 0 Å². The van der Waals surface area contributed by atoms with E-state index in [1.807, 2.05) is 12.1 Å². The number of aromatic hydroxyl groups is 1. The summed E-state index contributed by atoms with van der Waals surface area (Å²) in [5, 5.41) is 15.0. The molecule has 3 heterocycles. The molecule has 2 aliphatic rings. The molecular formula is C33H47N5O. The van der Waals surface area contributed by atoms with Gasteiger partial charge in [0.05, 0.1) is 5.52 Å². The van der Waals surface area contributed by atoms with Gasteiger partial charge in [-0.3, -0.25) is 19.7 Å². The molecule has 3 aromatic rings. The van der Waals surface area contributed by atoms with E-state index in [4.69, 9.17) is 4.98 Å². The summed E-state index contributed by atoms with van der Waals surface area (Å²) >= 11 is 0. The lowest BCUT2D eigenvalue weighted by molar-refractivity contribution is 0.0506. The molecule has 0 bridgehead atoms. The fourth-order valence-corrected chi connectivity index (χ4v) is 7.06. The number of phenolic OH excluding ortho intramolecular Hbond substituents is 1. The summed E-state index contributed by atoms with van der Waals surface area (Å²) < 4.78 is 0. The topological polar surface area (TPSA) is 54.9 Å². The third-order valence-electron chi connectivity index (χ3n) is 9.07. The van der Waals surface area contributed by atoms with Crippen LogP contribution in [0.5, 0.6) is 5.75 Å². The highest BCUT2D eigenvalue weighted by molar-refractivity contribution is 5.79. The number of likely N-dealkylation sites (tertiary alicyclic amines) is 1. The van der Waals surface area contributed by atoms with Gasteiger partial charge in [-0.2, -0.15) is 0 Å². The van der Waals surface area contributed by atoms with E-state index in [9.17, 15) is 5.11 Å². The molecule has 0 radical (unpaired) electrons. The molecule has 6 heteroatoms. The average molecular weight is 530 g/mol. The molecule has 39 heavy (non-hydrogen) atoms. The Morgan fingerprint density at radius 3 is 2.46 bits per heavy atom. The predicted octanol–water partition coefficient (Wildman–Crippen LogP) is 5.52. The van der Waals surface area contributed by atoms with Crippen molar-refractivity contribution in [1.29, 1.82) is 0 Å². The number of piperazine rings is 1. The van der Waals surface area contributed by atoms with Crippen molar-refractivity contribution in [3.05, 3.63) is 71.4 Å². The van der Waals surface area contributed by atoms with Crippen molar-refractivity contribution in [1.82, 2.24) is 25.0 Å². The first-order chi connectivity index (χ1) is 18.8. The van der Waals surface area contributed by atoms with Gasteiger partial charge < -0.3 is 10.4 Å². The number of piperidine rings is 1. The van der Waals surface area contributed by atoms with Crippen molar-refractivity contribution in [3.63, 3.8) is 0 Å². The molecule has 2 saturated heterocycles. The third kappa shape index (κ3) is 6.14. The maximum Gasteiger partial charge on any atom is 0.115 e. The molecule has 0 saturated carbocycles. The Bertz CT molecular complexity index is 1240. The molecule has 210 valence electrons. The Balaban J connectivity index is 1.31. The molecule has 3 atom stereocenters. The summed E-state index contributed by atoms with van der Waals surface area (Å²) in [6.45, 7) is 12.1. The summed E-state index contributed by atoms with van der Waals surface area (Å²) in [5.74, 6) is 0.349. The van der Waals surface area contributed by atoms with Crippen LogP contribution in [0.2, 0.25) is 0 Å². The number of pyridine rings is 1. The lowest BCUT2D eigenvalue weighted by Crippen LogP contribution is -2.55. The normalized spacial score (nSPS) is 23.3. The monoisotopic (exact) mass is 529 g/mol. The van der Waals surface area contributed by atoms with Gasteiger partial charge in [-0.1, -0.05) is 31.5 Å². The molecule has 2 aliphatic heterocycles. The molecule has 3 unspecified atom stereocenters. The van der Waals surface area contributed by atoms with E-state index in [-0.39, 0.29) is 5.54 Å². The molecule has 0 spiro atoms. The molecule has 1 aromatic heterocycles. The first-order valence-corrected chi connectivity index (χ1v) is 14.9. The zero-order valence-electron chi connectivity index (χ0n) is 24.5. The minimum atomic E-state index is -0.0370. The van der Waals surface area contributed by atoms with Gasteiger partial charge in [0, 0.05) is 68.0 Å². The highest BCUT2D eigenvalue weighted by Crippen LogP contribution is 2.39. The van der Waals surface area contributed by atoms with E-state index in [1.165, 1.54) is 28.5 Å². The first kappa shape index (κ1) is 28.0.